The van der Waals surface area contributed by atoms with E-state index >= 15 is 0 Å². The van der Waals surface area contributed by atoms with Crippen molar-refractivity contribution >= 4 is 24.8 Å². The predicted molar refractivity (Wildman–Crippen MR) is 89.6 cm³/mol. The first-order chi connectivity index (χ1) is 9.24. The molecule has 2 rings (SSSR count). The Morgan fingerprint density at radius 1 is 1.05 bits per heavy atom. The second-order valence-corrected chi connectivity index (χ2v) is 6.00. The van der Waals surface area contributed by atoms with Gasteiger partial charge in [0.1, 0.15) is 0 Å². The van der Waals surface area contributed by atoms with E-state index in [1.54, 1.807) is 0 Å². The van der Waals surface area contributed by atoms with E-state index < -0.39 is 12.2 Å². The topological polar surface area (TPSA) is 52.9 Å². The molecule has 1 aliphatic heterocycles. The van der Waals surface area contributed by atoms with Gasteiger partial charge in [0.05, 0.1) is 25.4 Å². The van der Waals surface area contributed by atoms with E-state index in [1.165, 1.54) is 32.1 Å². The highest BCUT2D eigenvalue weighted by atomic mass is 35.5. The van der Waals surface area contributed by atoms with Crippen LogP contribution < -0.4 is 0 Å². The Morgan fingerprint density at radius 3 is 2.14 bits per heavy atom. The summed E-state index contributed by atoms with van der Waals surface area (Å²) in [5.41, 5.74) is 0. The van der Waals surface area contributed by atoms with E-state index in [-0.39, 0.29) is 30.9 Å². The van der Waals surface area contributed by atoms with Crippen LogP contribution in [0.1, 0.15) is 45.4 Å². The van der Waals surface area contributed by atoms with Crippen LogP contribution in [0.25, 0.3) is 0 Å². The van der Waals surface area contributed by atoms with Gasteiger partial charge in [0.25, 0.3) is 0 Å². The molecule has 1 saturated heterocycles. The van der Waals surface area contributed by atoms with Crippen LogP contribution in [0.3, 0.4) is 0 Å². The summed E-state index contributed by atoms with van der Waals surface area (Å²) in [4.78, 5) is 2.35. The maximum absolute atomic E-state index is 10.5. The summed E-state index contributed by atoms with van der Waals surface area (Å²) in [5.74, 6) is 0.531. The summed E-state index contributed by atoms with van der Waals surface area (Å²) in [5, 5.41) is 20.6. The molecule has 128 valence electrons. The average Bonchev–Trinajstić information content (AvgIpc) is 2.49. The molecule has 0 spiro atoms. The van der Waals surface area contributed by atoms with E-state index in [2.05, 4.69) is 4.90 Å². The Balaban J connectivity index is 0.00000200. The summed E-state index contributed by atoms with van der Waals surface area (Å²) in [6, 6.07) is 0.110. The third-order valence-corrected chi connectivity index (χ3v) is 4.76. The van der Waals surface area contributed by atoms with Crippen molar-refractivity contribution in [3.05, 3.63) is 0 Å². The molecule has 0 aromatic heterocycles. The molecule has 4 nitrogen and oxygen atoms in total. The van der Waals surface area contributed by atoms with Crippen LogP contribution in [0.5, 0.6) is 0 Å². The SMILES string of the molecule is CCC(O)C(O)C(C1CCCCC1)N1CCOCC1.Cl.Cl. The third kappa shape index (κ3) is 5.85. The normalized spacial score (nSPS) is 25.3. The first-order valence-electron chi connectivity index (χ1n) is 7.92. The Hall–Kier alpha value is 0.420. The van der Waals surface area contributed by atoms with Crippen molar-refractivity contribution < 1.29 is 14.9 Å². The summed E-state index contributed by atoms with van der Waals surface area (Å²) < 4.78 is 5.42. The minimum Gasteiger partial charge on any atom is -0.390 e. The molecular weight excluding hydrogens is 313 g/mol. The summed E-state index contributed by atoms with van der Waals surface area (Å²) in [6.45, 7) is 5.20. The number of halogens is 2. The summed E-state index contributed by atoms with van der Waals surface area (Å²) in [7, 11) is 0. The van der Waals surface area contributed by atoms with Gasteiger partial charge in [-0.25, -0.2) is 0 Å². The summed E-state index contributed by atoms with van der Waals surface area (Å²) >= 11 is 0. The molecule has 1 saturated carbocycles. The lowest BCUT2D eigenvalue weighted by Crippen LogP contribution is -2.56. The van der Waals surface area contributed by atoms with Gasteiger partial charge in [-0.3, -0.25) is 4.90 Å². The number of hydrogen-bond donors (Lipinski definition) is 2. The maximum atomic E-state index is 10.5. The Labute approximate surface area is 141 Å². The number of morpholine rings is 1. The van der Waals surface area contributed by atoms with Gasteiger partial charge in [0.2, 0.25) is 0 Å². The molecule has 0 aromatic carbocycles. The van der Waals surface area contributed by atoms with Crippen LogP contribution in [0, 0.1) is 5.92 Å². The lowest BCUT2D eigenvalue weighted by atomic mass is 9.79. The largest absolute Gasteiger partial charge is 0.390 e. The van der Waals surface area contributed by atoms with Crippen molar-refractivity contribution in [2.45, 2.75) is 63.7 Å². The van der Waals surface area contributed by atoms with E-state index in [0.29, 0.717) is 12.3 Å². The number of ether oxygens (including phenoxy) is 1. The number of aliphatic hydroxyl groups excluding tert-OH is 2. The van der Waals surface area contributed by atoms with Crippen LogP contribution in [-0.4, -0.2) is 59.7 Å². The smallest absolute Gasteiger partial charge is 0.0956 e. The molecule has 1 heterocycles. The van der Waals surface area contributed by atoms with Crippen molar-refractivity contribution in [3.63, 3.8) is 0 Å². The van der Waals surface area contributed by atoms with E-state index in [9.17, 15) is 10.2 Å². The van der Waals surface area contributed by atoms with Crippen molar-refractivity contribution in [1.82, 2.24) is 4.90 Å². The van der Waals surface area contributed by atoms with Gasteiger partial charge < -0.3 is 14.9 Å². The molecule has 6 heteroatoms. The molecule has 21 heavy (non-hydrogen) atoms. The molecule has 3 atom stereocenters. The van der Waals surface area contributed by atoms with Crippen molar-refractivity contribution in [2.24, 2.45) is 5.92 Å². The molecule has 0 amide bonds. The predicted octanol–water partition coefficient (Wildman–Crippen LogP) is 2.24. The van der Waals surface area contributed by atoms with Crippen molar-refractivity contribution in [1.29, 1.82) is 0 Å². The van der Waals surface area contributed by atoms with Crippen LogP contribution in [0.4, 0.5) is 0 Å². The fraction of sp³-hybridized carbons (Fsp3) is 1.00. The van der Waals surface area contributed by atoms with E-state index in [4.69, 9.17) is 4.74 Å². The van der Waals surface area contributed by atoms with Gasteiger partial charge in [-0.15, -0.1) is 24.8 Å². The quantitative estimate of drug-likeness (QED) is 0.803. The fourth-order valence-electron chi connectivity index (χ4n) is 3.61. The lowest BCUT2D eigenvalue weighted by molar-refractivity contribution is -0.0872. The third-order valence-electron chi connectivity index (χ3n) is 4.76. The maximum Gasteiger partial charge on any atom is 0.0956 e. The van der Waals surface area contributed by atoms with E-state index in [0.717, 1.165) is 26.3 Å². The highest BCUT2D eigenvalue weighted by Gasteiger charge is 2.37. The van der Waals surface area contributed by atoms with Crippen LogP contribution >= 0.6 is 24.8 Å². The fourth-order valence-corrected chi connectivity index (χ4v) is 3.61. The second kappa shape index (κ2) is 11.0. The first kappa shape index (κ1) is 21.4. The standard InChI is InChI=1S/C15H29NO3.2ClH/c1-2-13(17)15(18)14(12-6-4-3-5-7-12)16-8-10-19-11-9-16;;/h12-15,17-18H,2-11H2,1H3;2*1H. The zero-order chi connectivity index (χ0) is 13.7. The summed E-state index contributed by atoms with van der Waals surface area (Å²) in [6.07, 6.45) is 5.63. The number of rotatable bonds is 5. The molecule has 2 fully saturated rings. The average molecular weight is 344 g/mol. The van der Waals surface area contributed by atoms with E-state index in [1.807, 2.05) is 6.92 Å². The Morgan fingerprint density at radius 2 is 1.62 bits per heavy atom. The Kier molecular flexibility index (Phi) is 11.3. The highest BCUT2D eigenvalue weighted by Crippen LogP contribution is 2.32. The van der Waals surface area contributed by atoms with Crippen LogP contribution in [0.2, 0.25) is 0 Å². The lowest BCUT2D eigenvalue weighted by Gasteiger charge is -2.44. The number of nitrogens with zero attached hydrogens (tertiary/aromatic N) is 1. The molecule has 2 N–H and O–H groups in total. The molecule has 1 aliphatic carbocycles. The van der Waals surface area contributed by atoms with Gasteiger partial charge in [-0.05, 0) is 25.2 Å². The second-order valence-electron chi connectivity index (χ2n) is 6.00. The first-order valence-corrected chi connectivity index (χ1v) is 7.92. The monoisotopic (exact) mass is 343 g/mol. The van der Waals surface area contributed by atoms with Gasteiger partial charge in [0.15, 0.2) is 0 Å². The number of hydrogen-bond acceptors (Lipinski definition) is 4. The molecular formula is C15H31Cl2NO3. The van der Waals surface area contributed by atoms with Gasteiger partial charge in [0, 0.05) is 19.1 Å². The van der Waals surface area contributed by atoms with Gasteiger partial charge >= 0.3 is 0 Å². The molecule has 3 unspecified atom stereocenters. The molecule has 2 aliphatic rings. The number of aliphatic hydroxyl groups is 2. The molecule has 0 bridgehead atoms. The Bertz CT molecular complexity index is 239. The zero-order valence-corrected chi connectivity index (χ0v) is 14.6. The van der Waals surface area contributed by atoms with Crippen molar-refractivity contribution in [2.75, 3.05) is 26.3 Å². The molecule has 0 radical (unpaired) electrons. The zero-order valence-electron chi connectivity index (χ0n) is 12.9. The van der Waals surface area contributed by atoms with Gasteiger partial charge in [-0.1, -0.05) is 26.2 Å². The van der Waals surface area contributed by atoms with Crippen molar-refractivity contribution in [3.8, 4) is 0 Å². The van der Waals surface area contributed by atoms with Gasteiger partial charge in [-0.2, -0.15) is 0 Å². The minimum absolute atomic E-state index is 0. The van der Waals surface area contributed by atoms with Crippen LogP contribution in [-0.2, 0) is 4.74 Å². The minimum atomic E-state index is -0.619. The molecule has 0 aromatic rings. The highest BCUT2D eigenvalue weighted by molar-refractivity contribution is 5.85. The van der Waals surface area contributed by atoms with Crippen LogP contribution in [0.15, 0.2) is 0 Å².